The number of Topliss-reactive ketones (excluding diaryl/α,β-unsaturated/α-hetero) is 1. The molecule has 0 bridgehead atoms. The molecular formula is C13H16F2O2. The third kappa shape index (κ3) is 3.02. The SMILES string of the molecule is CCOc1c(CC)cc(C(C)=O)cc1C(F)F. The van der Waals surface area contributed by atoms with E-state index in [9.17, 15) is 13.6 Å². The van der Waals surface area contributed by atoms with Crippen LogP contribution in [-0.4, -0.2) is 12.4 Å². The molecule has 0 radical (unpaired) electrons. The van der Waals surface area contributed by atoms with Gasteiger partial charge in [-0.15, -0.1) is 0 Å². The van der Waals surface area contributed by atoms with Crippen LogP contribution in [0.25, 0.3) is 0 Å². The lowest BCUT2D eigenvalue weighted by atomic mass is 10.0. The first kappa shape index (κ1) is 13.6. The maximum absolute atomic E-state index is 12.9. The molecule has 0 aliphatic rings. The molecule has 0 aliphatic heterocycles. The Labute approximate surface area is 99.6 Å². The standard InChI is InChI=1S/C13H16F2O2/c1-4-9-6-10(8(3)16)7-11(13(14)15)12(9)17-5-2/h6-7,13H,4-5H2,1-3H3. The highest BCUT2D eigenvalue weighted by molar-refractivity contribution is 5.94. The van der Waals surface area contributed by atoms with Crippen LogP contribution in [0.4, 0.5) is 8.78 Å². The summed E-state index contributed by atoms with van der Waals surface area (Å²) < 4.78 is 31.1. The van der Waals surface area contributed by atoms with Crippen LogP contribution in [0.1, 0.15) is 48.7 Å². The number of aryl methyl sites for hydroxylation is 1. The molecule has 0 saturated carbocycles. The summed E-state index contributed by atoms with van der Waals surface area (Å²) in [5, 5.41) is 0. The molecule has 0 saturated heterocycles. The van der Waals surface area contributed by atoms with Crippen LogP contribution in [0, 0.1) is 0 Å². The van der Waals surface area contributed by atoms with Gasteiger partial charge in [0.1, 0.15) is 5.75 Å². The van der Waals surface area contributed by atoms with Gasteiger partial charge in [-0.05, 0) is 38.0 Å². The molecule has 2 nitrogen and oxygen atoms in total. The second-order valence-electron chi connectivity index (χ2n) is 3.70. The second-order valence-corrected chi connectivity index (χ2v) is 3.70. The van der Waals surface area contributed by atoms with Gasteiger partial charge >= 0.3 is 0 Å². The molecule has 0 amide bonds. The number of carbonyl (C=O) groups excluding carboxylic acids is 1. The van der Waals surface area contributed by atoms with Crippen molar-refractivity contribution in [2.24, 2.45) is 0 Å². The van der Waals surface area contributed by atoms with E-state index in [4.69, 9.17) is 4.74 Å². The van der Waals surface area contributed by atoms with E-state index in [1.54, 1.807) is 13.0 Å². The number of ketones is 1. The molecule has 0 N–H and O–H groups in total. The predicted octanol–water partition coefficient (Wildman–Crippen LogP) is 3.79. The van der Waals surface area contributed by atoms with Crippen molar-refractivity contribution in [3.8, 4) is 5.75 Å². The van der Waals surface area contributed by atoms with Gasteiger partial charge in [0.25, 0.3) is 6.43 Å². The van der Waals surface area contributed by atoms with Gasteiger partial charge in [-0.1, -0.05) is 6.92 Å². The van der Waals surface area contributed by atoms with Crippen LogP contribution in [-0.2, 0) is 6.42 Å². The van der Waals surface area contributed by atoms with Gasteiger partial charge in [0, 0.05) is 5.56 Å². The predicted molar refractivity (Wildman–Crippen MR) is 62.0 cm³/mol. The van der Waals surface area contributed by atoms with Crippen LogP contribution in [0.15, 0.2) is 12.1 Å². The molecule has 17 heavy (non-hydrogen) atoms. The van der Waals surface area contributed by atoms with Gasteiger partial charge < -0.3 is 4.74 Å². The number of benzene rings is 1. The van der Waals surface area contributed by atoms with Crippen LogP contribution in [0.3, 0.4) is 0 Å². The minimum Gasteiger partial charge on any atom is -0.493 e. The Morgan fingerprint density at radius 1 is 1.35 bits per heavy atom. The van der Waals surface area contributed by atoms with Gasteiger partial charge in [0.2, 0.25) is 0 Å². The summed E-state index contributed by atoms with van der Waals surface area (Å²) in [5.74, 6) is -0.000325. The zero-order valence-electron chi connectivity index (χ0n) is 10.2. The van der Waals surface area contributed by atoms with Gasteiger partial charge in [-0.2, -0.15) is 0 Å². The Morgan fingerprint density at radius 2 is 2.00 bits per heavy atom. The van der Waals surface area contributed by atoms with Crippen molar-refractivity contribution < 1.29 is 18.3 Å². The summed E-state index contributed by atoms with van der Waals surface area (Å²) in [4.78, 5) is 11.3. The van der Waals surface area contributed by atoms with Crippen LogP contribution >= 0.6 is 0 Å². The first-order chi connectivity index (χ1) is 8.01. The van der Waals surface area contributed by atoms with E-state index in [0.717, 1.165) is 0 Å². The smallest absolute Gasteiger partial charge is 0.267 e. The molecule has 0 heterocycles. The molecule has 1 aromatic rings. The van der Waals surface area contributed by atoms with E-state index in [1.165, 1.54) is 13.0 Å². The Balaban J connectivity index is 3.40. The van der Waals surface area contributed by atoms with Crippen molar-refractivity contribution in [1.82, 2.24) is 0 Å². The van der Waals surface area contributed by atoms with E-state index < -0.39 is 6.43 Å². The Morgan fingerprint density at radius 3 is 2.41 bits per heavy atom. The van der Waals surface area contributed by atoms with Crippen LogP contribution in [0.5, 0.6) is 5.75 Å². The Bertz CT molecular complexity index is 414. The maximum atomic E-state index is 12.9. The fraction of sp³-hybridized carbons (Fsp3) is 0.462. The molecule has 0 aromatic heterocycles. The van der Waals surface area contributed by atoms with Crippen LogP contribution < -0.4 is 4.74 Å². The highest BCUT2D eigenvalue weighted by Gasteiger charge is 2.19. The molecule has 0 atom stereocenters. The number of carbonyl (C=O) groups is 1. The lowest BCUT2D eigenvalue weighted by molar-refractivity contribution is 0.101. The van der Waals surface area contributed by atoms with Crippen LogP contribution in [0.2, 0.25) is 0 Å². The average Bonchev–Trinajstić information content (AvgIpc) is 2.28. The Hall–Kier alpha value is -1.45. The molecular weight excluding hydrogens is 226 g/mol. The van der Waals surface area contributed by atoms with Crippen molar-refractivity contribution in [1.29, 1.82) is 0 Å². The zero-order valence-corrected chi connectivity index (χ0v) is 10.2. The summed E-state index contributed by atoms with van der Waals surface area (Å²) in [6.07, 6.45) is -2.09. The summed E-state index contributed by atoms with van der Waals surface area (Å²) in [6, 6.07) is 2.84. The fourth-order valence-electron chi connectivity index (χ4n) is 1.66. The van der Waals surface area contributed by atoms with Gasteiger partial charge in [-0.25, -0.2) is 8.78 Å². The normalized spacial score (nSPS) is 10.7. The molecule has 0 fully saturated rings. The number of hydrogen-bond acceptors (Lipinski definition) is 2. The van der Waals surface area contributed by atoms with Gasteiger partial charge in [0.05, 0.1) is 12.2 Å². The number of ether oxygens (including phenoxy) is 1. The summed E-state index contributed by atoms with van der Waals surface area (Å²) in [7, 11) is 0. The summed E-state index contributed by atoms with van der Waals surface area (Å²) in [6.45, 7) is 5.28. The molecule has 94 valence electrons. The molecule has 1 rings (SSSR count). The lowest BCUT2D eigenvalue weighted by Gasteiger charge is -2.15. The largest absolute Gasteiger partial charge is 0.493 e. The van der Waals surface area contributed by atoms with Gasteiger partial charge in [0.15, 0.2) is 5.78 Å². The molecule has 1 aromatic carbocycles. The third-order valence-electron chi connectivity index (χ3n) is 2.51. The maximum Gasteiger partial charge on any atom is 0.267 e. The van der Waals surface area contributed by atoms with Crippen molar-refractivity contribution in [2.45, 2.75) is 33.6 Å². The topological polar surface area (TPSA) is 26.3 Å². The van der Waals surface area contributed by atoms with Gasteiger partial charge in [-0.3, -0.25) is 4.79 Å². The first-order valence-electron chi connectivity index (χ1n) is 5.59. The fourth-order valence-corrected chi connectivity index (χ4v) is 1.66. The Kier molecular flexibility index (Phi) is 4.61. The summed E-state index contributed by atoms with van der Waals surface area (Å²) in [5.41, 5.74) is 0.756. The van der Waals surface area contributed by atoms with Crippen molar-refractivity contribution in [3.63, 3.8) is 0 Å². The van der Waals surface area contributed by atoms with E-state index in [2.05, 4.69) is 0 Å². The van der Waals surface area contributed by atoms with E-state index in [-0.39, 0.29) is 17.1 Å². The summed E-state index contributed by atoms with van der Waals surface area (Å²) >= 11 is 0. The van der Waals surface area contributed by atoms with E-state index >= 15 is 0 Å². The average molecular weight is 242 g/mol. The number of alkyl halides is 2. The number of hydrogen-bond donors (Lipinski definition) is 0. The first-order valence-corrected chi connectivity index (χ1v) is 5.59. The monoisotopic (exact) mass is 242 g/mol. The minimum atomic E-state index is -2.64. The molecule has 0 aliphatic carbocycles. The highest BCUT2D eigenvalue weighted by atomic mass is 19.3. The minimum absolute atomic E-state index is 0.198. The lowest BCUT2D eigenvalue weighted by Crippen LogP contribution is -2.04. The second kappa shape index (κ2) is 5.75. The third-order valence-corrected chi connectivity index (χ3v) is 2.51. The van der Waals surface area contributed by atoms with E-state index in [1.807, 2.05) is 6.92 Å². The molecule has 0 spiro atoms. The molecule has 0 unspecified atom stereocenters. The van der Waals surface area contributed by atoms with Crippen molar-refractivity contribution in [3.05, 3.63) is 28.8 Å². The molecule has 4 heteroatoms. The van der Waals surface area contributed by atoms with Crippen molar-refractivity contribution in [2.75, 3.05) is 6.61 Å². The number of halogens is 2. The highest BCUT2D eigenvalue weighted by Crippen LogP contribution is 2.34. The number of rotatable bonds is 5. The van der Waals surface area contributed by atoms with E-state index in [0.29, 0.717) is 24.2 Å². The quantitative estimate of drug-likeness (QED) is 0.734. The van der Waals surface area contributed by atoms with Crippen molar-refractivity contribution >= 4 is 5.78 Å². The zero-order chi connectivity index (χ0) is 13.0.